The predicted molar refractivity (Wildman–Crippen MR) is 122 cm³/mol. The van der Waals surface area contributed by atoms with Crippen LogP contribution in [0.4, 0.5) is 4.79 Å². The third-order valence-electron chi connectivity index (χ3n) is 6.47. The third-order valence-corrected chi connectivity index (χ3v) is 6.47. The van der Waals surface area contributed by atoms with Gasteiger partial charge >= 0.3 is 12.0 Å². The molecule has 0 atom stereocenters. The van der Waals surface area contributed by atoms with E-state index in [2.05, 4.69) is 15.5 Å². The highest BCUT2D eigenvalue weighted by Gasteiger charge is 2.47. The number of para-hydroxylation sites is 1. The van der Waals surface area contributed by atoms with Crippen molar-refractivity contribution in [2.75, 3.05) is 18.5 Å². The molecule has 4 aromatic rings. The number of likely N-dealkylation sites (tertiary alicyclic amines) is 1. The van der Waals surface area contributed by atoms with Gasteiger partial charge < -0.3 is 9.64 Å². The van der Waals surface area contributed by atoms with Crippen LogP contribution in [0.1, 0.15) is 28.8 Å². The summed E-state index contributed by atoms with van der Waals surface area (Å²) in [5.41, 5.74) is 6.26. The van der Waals surface area contributed by atoms with Gasteiger partial charge in [-0.25, -0.2) is 15.0 Å². The number of amides is 2. The molecule has 1 spiro atoms. The van der Waals surface area contributed by atoms with Gasteiger partial charge in [-0.05, 0) is 24.3 Å². The van der Waals surface area contributed by atoms with Crippen LogP contribution in [-0.2, 0) is 10.3 Å². The van der Waals surface area contributed by atoms with E-state index in [1.165, 1.54) is 4.79 Å². The van der Waals surface area contributed by atoms with Crippen LogP contribution in [0.3, 0.4) is 0 Å². The molecule has 2 aromatic carbocycles. The van der Waals surface area contributed by atoms with E-state index in [0.717, 1.165) is 27.7 Å². The van der Waals surface area contributed by atoms with Crippen molar-refractivity contribution in [1.29, 1.82) is 0 Å². The van der Waals surface area contributed by atoms with Crippen molar-refractivity contribution in [2.24, 2.45) is 0 Å². The zero-order chi connectivity index (χ0) is 22.4. The number of urea groups is 1. The van der Waals surface area contributed by atoms with E-state index in [4.69, 9.17) is 4.74 Å². The van der Waals surface area contributed by atoms with Crippen molar-refractivity contribution >= 4 is 22.9 Å². The lowest BCUT2D eigenvalue weighted by Crippen LogP contribution is -2.48. The van der Waals surface area contributed by atoms with E-state index in [0.29, 0.717) is 31.5 Å². The minimum atomic E-state index is -0.633. The Bertz CT molecular complexity index is 1390. The van der Waals surface area contributed by atoms with E-state index in [-0.39, 0.29) is 12.0 Å². The molecule has 2 amide bonds. The Balaban J connectivity index is 1.13. The highest BCUT2D eigenvalue weighted by Crippen LogP contribution is 2.43. The fraction of sp³-hybridized carbons (Fsp3) is 0.200. The van der Waals surface area contributed by atoms with Gasteiger partial charge in [0.2, 0.25) is 0 Å². The normalized spacial score (nSPS) is 16.6. The molecule has 1 saturated heterocycles. The van der Waals surface area contributed by atoms with Crippen LogP contribution < -0.4 is 5.43 Å². The maximum atomic E-state index is 12.8. The van der Waals surface area contributed by atoms with Gasteiger partial charge in [0.05, 0.1) is 16.8 Å². The molecular formula is C25H21N5O3. The number of rotatable bonds is 2. The molecule has 0 bridgehead atoms. The van der Waals surface area contributed by atoms with Crippen LogP contribution in [0.25, 0.3) is 22.2 Å². The molecule has 8 heteroatoms. The molecule has 2 aliphatic rings. The van der Waals surface area contributed by atoms with Gasteiger partial charge in [0.15, 0.2) is 0 Å². The second kappa shape index (κ2) is 7.44. The molecule has 2 aliphatic heterocycles. The molecule has 8 nitrogen and oxygen atoms in total. The molecule has 0 unspecified atom stereocenters. The van der Waals surface area contributed by atoms with Crippen LogP contribution in [0.5, 0.6) is 0 Å². The molecule has 33 heavy (non-hydrogen) atoms. The summed E-state index contributed by atoms with van der Waals surface area (Å²) in [6, 6.07) is 19.0. The van der Waals surface area contributed by atoms with Crippen LogP contribution in [0.15, 0.2) is 73.1 Å². The Hall–Kier alpha value is -4.20. The number of ether oxygens (including phenoxy) is 1. The highest BCUT2D eigenvalue weighted by atomic mass is 16.6. The first-order chi connectivity index (χ1) is 16.1. The van der Waals surface area contributed by atoms with Crippen molar-refractivity contribution < 1.29 is 14.3 Å². The van der Waals surface area contributed by atoms with E-state index >= 15 is 0 Å². The summed E-state index contributed by atoms with van der Waals surface area (Å²) in [6.45, 7) is 0.965. The number of pyridine rings is 1. The summed E-state index contributed by atoms with van der Waals surface area (Å²) in [4.78, 5) is 32.7. The van der Waals surface area contributed by atoms with Gasteiger partial charge in [0.25, 0.3) is 0 Å². The zero-order valence-electron chi connectivity index (χ0n) is 17.8. The maximum absolute atomic E-state index is 12.8. The van der Waals surface area contributed by atoms with Gasteiger partial charge in [0.1, 0.15) is 5.60 Å². The molecule has 6 rings (SSSR count). The van der Waals surface area contributed by atoms with Crippen molar-refractivity contribution in [3.8, 4) is 11.3 Å². The SMILES string of the molecule is O=C1OC2(CCN(C(=O)Nn3ccc(-c4cnc5ccccc5c4)n3)CC2)c2ccccc21. The summed E-state index contributed by atoms with van der Waals surface area (Å²) < 4.78 is 5.77. The zero-order valence-corrected chi connectivity index (χ0v) is 17.8. The number of benzene rings is 2. The molecule has 4 heterocycles. The minimum Gasteiger partial charge on any atom is -0.450 e. The Morgan fingerprint density at radius 1 is 1.03 bits per heavy atom. The van der Waals surface area contributed by atoms with Gasteiger partial charge in [0, 0.05) is 54.8 Å². The van der Waals surface area contributed by atoms with E-state index in [1.54, 1.807) is 23.4 Å². The van der Waals surface area contributed by atoms with Crippen molar-refractivity contribution in [3.63, 3.8) is 0 Å². The van der Waals surface area contributed by atoms with Crippen LogP contribution in [-0.4, -0.2) is 44.9 Å². The number of fused-ring (bicyclic) bond motifs is 3. The number of carbonyl (C=O) groups is 2. The molecule has 0 aliphatic carbocycles. The number of piperidine rings is 1. The summed E-state index contributed by atoms with van der Waals surface area (Å²) >= 11 is 0. The average molecular weight is 439 g/mol. The standard InChI is InChI=1S/C25H21N5O3/c31-23-19-6-2-3-7-20(19)25(33-23)10-13-29(14-11-25)24(32)28-30-12-9-22(27-30)18-15-17-5-1-4-8-21(17)26-16-18/h1-9,12,15-16H,10-11,13-14H2,(H,28,32). The number of aromatic nitrogens is 3. The van der Waals surface area contributed by atoms with Crippen molar-refractivity contribution in [3.05, 3.63) is 84.2 Å². The number of carbonyl (C=O) groups excluding carboxylic acids is 2. The molecule has 1 N–H and O–H groups in total. The van der Waals surface area contributed by atoms with Crippen molar-refractivity contribution in [1.82, 2.24) is 19.8 Å². The van der Waals surface area contributed by atoms with Crippen LogP contribution in [0, 0.1) is 0 Å². The Morgan fingerprint density at radius 2 is 1.82 bits per heavy atom. The number of hydrogen-bond donors (Lipinski definition) is 1. The summed E-state index contributed by atoms with van der Waals surface area (Å²) in [6.07, 6.45) is 4.62. The largest absolute Gasteiger partial charge is 0.450 e. The number of hydrogen-bond acceptors (Lipinski definition) is 5. The number of nitrogens with zero attached hydrogens (tertiary/aromatic N) is 4. The van der Waals surface area contributed by atoms with Crippen LogP contribution >= 0.6 is 0 Å². The Kier molecular flexibility index (Phi) is 4.39. The first kappa shape index (κ1) is 19.5. The van der Waals surface area contributed by atoms with Gasteiger partial charge in [-0.2, -0.15) is 9.89 Å². The molecular weight excluding hydrogens is 418 g/mol. The number of esters is 1. The maximum Gasteiger partial charge on any atom is 0.339 e. The highest BCUT2D eigenvalue weighted by molar-refractivity contribution is 5.94. The molecule has 0 saturated carbocycles. The van der Waals surface area contributed by atoms with E-state index < -0.39 is 5.60 Å². The summed E-state index contributed by atoms with van der Waals surface area (Å²) in [5.74, 6) is -0.282. The molecule has 164 valence electrons. The van der Waals surface area contributed by atoms with Gasteiger partial charge in [-0.15, -0.1) is 0 Å². The topological polar surface area (TPSA) is 89.4 Å². The first-order valence-electron chi connectivity index (χ1n) is 10.9. The Labute approximate surface area is 189 Å². The lowest BCUT2D eigenvalue weighted by Gasteiger charge is -2.38. The van der Waals surface area contributed by atoms with Gasteiger partial charge in [-0.1, -0.05) is 36.4 Å². The average Bonchev–Trinajstić information content (AvgIpc) is 3.42. The van der Waals surface area contributed by atoms with Crippen molar-refractivity contribution in [2.45, 2.75) is 18.4 Å². The van der Waals surface area contributed by atoms with E-state index in [9.17, 15) is 9.59 Å². The smallest absolute Gasteiger partial charge is 0.339 e. The molecule has 2 aromatic heterocycles. The summed E-state index contributed by atoms with van der Waals surface area (Å²) in [5, 5.41) is 5.51. The molecule has 0 radical (unpaired) electrons. The quantitative estimate of drug-likeness (QED) is 0.478. The lowest BCUT2D eigenvalue weighted by molar-refractivity contribution is -0.0364. The third kappa shape index (κ3) is 3.31. The monoisotopic (exact) mass is 439 g/mol. The summed E-state index contributed by atoms with van der Waals surface area (Å²) in [7, 11) is 0. The molecule has 1 fully saturated rings. The minimum absolute atomic E-state index is 0.242. The number of nitrogens with one attached hydrogen (secondary N) is 1. The van der Waals surface area contributed by atoms with Crippen LogP contribution in [0.2, 0.25) is 0 Å². The predicted octanol–water partition coefficient (Wildman–Crippen LogP) is 3.92. The van der Waals surface area contributed by atoms with E-state index in [1.807, 2.05) is 54.6 Å². The fourth-order valence-corrected chi connectivity index (χ4v) is 4.71. The van der Waals surface area contributed by atoms with Gasteiger partial charge in [-0.3, -0.25) is 4.98 Å². The Morgan fingerprint density at radius 3 is 2.70 bits per heavy atom. The first-order valence-corrected chi connectivity index (χ1v) is 10.9. The fourth-order valence-electron chi connectivity index (χ4n) is 4.71. The second-order valence-electron chi connectivity index (χ2n) is 8.40. The lowest BCUT2D eigenvalue weighted by atomic mass is 9.84. The second-order valence-corrected chi connectivity index (χ2v) is 8.40.